The van der Waals surface area contributed by atoms with Crippen LogP contribution in [0.3, 0.4) is 0 Å². The van der Waals surface area contributed by atoms with Gasteiger partial charge in [0.25, 0.3) is 0 Å². The molecule has 0 N–H and O–H groups in total. The molecular formula is C10H10F15GeN. The van der Waals surface area contributed by atoms with Gasteiger partial charge in [-0.2, -0.15) is 0 Å². The van der Waals surface area contributed by atoms with E-state index in [-0.39, 0.29) is 0 Å². The first-order chi connectivity index (χ1) is 11.5. The number of rotatable bonds is 6. The van der Waals surface area contributed by atoms with E-state index in [0.29, 0.717) is 13.8 Å². The summed E-state index contributed by atoms with van der Waals surface area (Å²) in [5.41, 5.74) is 0. The van der Waals surface area contributed by atoms with Crippen molar-refractivity contribution < 1.29 is 65.9 Å². The van der Waals surface area contributed by atoms with E-state index in [1.807, 2.05) is 0 Å². The Morgan fingerprint density at radius 1 is 0.481 bits per heavy atom. The fraction of sp³-hybridized carbons (Fsp3) is 1.00. The molecule has 0 aromatic rings. The Morgan fingerprint density at radius 3 is 0.778 bits per heavy atom. The molecule has 0 fully saturated rings. The van der Waals surface area contributed by atoms with E-state index >= 15 is 0 Å². The van der Waals surface area contributed by atoms with Crippen LogP contribution in [-0.2, 0) is 0 Å². The van der Waals surface area contributed by atoms with Gasteiger partial charge in [0.05, 0.1) is 0 Å². The van der Waals surface area contributed by atoms with Crippen LogP contribution in [0.15, 0.2) is 0 Å². The molecular weight excluding hydrogens is 492 g/mol. The average Bonchev–Trinajstić information content (AvgIpc) is 2.39. The molecule has 0 rings (SSSR count). The summed E-state index contributed by atoms with van der Waals surface area (Å²) >= 11 is -10.3. The third-order valence-electron chi connectivity index (χ3n) is 3.67. The summed E-state index contributed by atoms with van der Waals surface area (Å²) in [6, 6.07) is 0. The molecule has 0 heterocycles. The van der Waals surface area contributed by atoms with Crippen LogP contribution < -0.4 is 0 Å². The van der Waals surface area contributed by atoms with Crippen molar-refractivity contribution in [3.8, 4) is 0 Å². The zero-order valence-electron chi connectivity index (χ0n) is 13.0. The predicted molar refractivity (Wildman–Crippen MR) is 61.7 cm³/mol. The molecule has 0 aliphatic carbocycles. The first-order valence-electron chi connectivity index (χ1n) is 6.61. The van der Waals surface area contributed by atoms with Gasteiger partial charge in [-0.05, 0) is 0 Å². The van der Waals surface area contributed by atoms with Crippen LogP contribution in [0.25, 0.3) is 0 Å². The van der Waals surface area contributed by atoms with Crippen LogP contribution in [0.1, 0.15) is 13.8 Å². The van der Waals surface area contributed by atoms with Crippen LogP contribution in [0.2, 0.25) is 0 Å². The molecule has 0 aromatic heterocycles. The van der Waals surface area contributed by atoms with E-state index in [4.69, 9.17) is 0 Å². The molecule has 0 saturated carbocycles. The molecule has 0 aromatic carbocycles. The number of halogens is 15. The van der Waals surface area contributed by atoms with Crippen LogP contribution in [0, 0.1) is 0 Å². The van der Waals surface area contributed by atoms with Gasteiger partial charge in [-0.25, -0.2) is 0 Å². The van der Waals surface area contributed by atoms with Crippen molar-refractivity contribution in [3.05, 3.63) is 0 Å². The molecule has 0 aliphatic heterocycles. The Morgan fingerprint density at radius 2 is 0.667 bits per heavy atom. The van der Waals surface area contributed by atoms with E-state index in [1.54, 1.807) is 0 Å². The van der Waals surface area contributed by atoms with Gasteiger partial charge in [-0.3, -0.25) is 0 Å². The van der Waals surface area contributed by atoms with Gasteiger partial charge in [-0.1, -0.05) is 0 Å². The second-order valence-electron chi connectivity index (χ2n) is 5.10. The first-order valence-corrected chi connectivity index (χ1v) is 10.7. The number of hydrogen-bond acceptors (Lipinski definition) is 1. The van der Waals surface area contributed by atoms with Gasteiger partial charge >= 0.3 is 143 Å². The first kappa shape index (κ1) is 26.5. The summed E-state index contributed by atoms with van der Waals surface area (Å²) < 4.78 is 173. The van der Waals surface area contributed by atoms with Gasteiger partial charge in [0.2, 0.25) is 0 Å². The van der Waals surface area contributed by atoms with E-state index in [0.717, 1.165) is 0 Å². The zero-order chi connectivity index (χ0) is 22.5. The number of alkyl halides is 15. The molecule has 17 heteroatoms. The van der Waals surface area contributed by atoms with Gasteiger partial charge < -0.3 is 0 Å². The van der Waals surface area contributed by atoms with Crippen LogP contribution in [0.4, 0.5) is 65.9 Å². The second kappa shape index (κ2) is 7.05. The molecule has 0 unspecified atom stereocenters. The Hall–Kier alpha value is -0.547. The Kier molecular flexibility index (Phi) is 6.91. The molecule has 1 nitrogen and oxygen atoms in total. The molecule has 0 amide bonds. The minimum atomic E-state index is -10.3. The molecule has 0 saturated heterocycles. The van der Waals surface area contributed by atoms with Gasteiger partial charge in [0.15, 0.2) is 0 Å². The molecule has 164 valence electrons. The monoisotopic (exact) mass is 503 g/mol. The van der Waals surface area contributed by atoms with Crippen molar-refractivity contribution in [1.82, 2.24) is 3.86 Å². The summed E-state index contributed by atoms with van der Waals surface area (Å²) in [5, 5.41) is 0. The van der Waals surface area contributed by atoms with E-state index < -0.39 is 63.2 Å². The standard InChI is InChI=1S/C10H10F15GeN/c1-3-27(4-2)26(8(20,21)5(11,12)13,9(22,23)6(14,15)16)10(24,25)7(17,18)19/h3-4H2,1-2H3. The fourth-order valence-corrected chi connectivity index (χ4v) is 12.1. The van der Waals surface area contributed by atoms with Gasteiger partial charge in [0.1, 0.15) is 0 Å². The van der Waals surface area contributed by atoms with Crippen molar-refractivity contribution in [3.63, 3.8) is 0 Å². The van der Waals surface area contributed by atoms with Crippen molar-refractivity contribution in [2.75, 3.05) is 13.1 Å². The Bertz CT molecular complexity index is 448. The summed E-state index contributed by atoms with van der Waals surface area (Å²) in [7, 11) is 0. The average molecular weight is 502 g/mol. The molecule has 0 radical (unpaired) electrons. The van der Waals surface area contributed by atoms with Gasteiger partial charge in [-0.15, -0.1) is 0 Å². The Labute approximate surface area is 144 Å². The zero-order valence-corrected chi connectivity index (χ0v) is 15.1. The summed E-state index contributed by atoms with van der Waals surface area (Å²) in [6.45, 7) is -2.96. The summed E-state index contributed by atoms with van der Waals surface area (Å²) in [5.74, 6) is 0. The quantitative estimate of drug-likeness (QED) is 0.344. The van der Waals surface area contributed by atoms with E-state index in [2.05, 4.69) is 0 Å². The van der Waals surface area contributed by atoms with Gasteiger partial charge in [0, 0.05) is 0 Å². The predicted octanol–water partition coefficient (Wildman–Crippen LogP) is 5.48. The summed E-state index contributed by atoms with van der Waals surface area (Å²) in [4.78, 5) is 0. The van der Waals surface area contributed by atoms with Crippen LogP contribution in [0.5, 0.6) is 0 Å². The molecule has 0 atom stereocenters. The summed E-state index contributed by atoms with van der Waals surface area (Å²) in [6.07, 6.45) is -22.6. The maximum atomic E-state index is 13.9. The molecule has 0 spiro atoms. The Balaban J connectivity index is 7.76. The third kappa shape index (κ3) is 3.48. The molecule has 27 heavy (non-hydrogen) atoms. The topological polar surface area (TPSA) is 3.24 Å². The second-order valence-corrected chi connectivity index (χ2v) is 13.4. The molecule has 0 bridgehead atoms. The minimum absolute atomic E-state index is 0.300. The molecule has 0 aliphatic rings. The van der Waals surface area contributed by atoms with Crippen molar-refractivity contribution in [2.45, 2.75) is 46.6 Å². The SMILES string of the molecule is CC[N](CC)[Ge]([C](F)(F)C(F)(F)F)([C](F)(F)C(F)(F)F)[C](F)(F)C(F)(F)F. The number of nitrogens with zero attached hydrogens (tertiary/aromatic N) is 1. The van der Waals surface area contributed by atoms with Crippen LogP contribution >= 0.6 is 0 Å². The van der Waals surface area contributed by atoms with E-state index in [9.17, 15) is 65.9 Å². The maximum absolute atomic E-state index is 13.9. The normalized spacial score (nSPS) is 16.2. The third-order valence-corrected chi connectivity index (χ3v) is 14.5. The van der Waals surface area contributed by atoms with Crippen molar-refractivity contribution in [2.24, 2.45) is 0 Å². The van der Waals surface area contributed by atoms with Crippen LogP contribution in [-0.4, -0.2) is 63.2 Å². The van der Waals surface area contributed by atoms with Crippen molar-refractivity contribution in [1.29, 1.82) is 0 Å². The number of hydrogen-bond donors (Lipinski definition) is 0. The van der Waals surface area contributed by atoms with Crippen molar-refractivity contribution >= 4 is 13.5 Å². The van der Waals surface area contributed by atoms with E-state index in [1.165, 1.54) is 0 Å². The fourth-order valence-electron chi connectivity index (χ4n) is 2.50.